The zero-order valence-corrected chi connectivity index (χ0v) is 18.0. The van der Waals surface area contributed by atoms with Gasteiger partial charge < -0.3 is 14.4 Å². The molecule has 2 rings (SSSR count). The fourth-order valence-corrected chi connectivity index (χ4v) is 3.31. The van der Waals surface area contributed by atoms with Gasteiger partial charge in [-0.1, -0.05) is 31.2 Å². The van der Waals surface area contributed by atoms with Crippen LogP contribution in [-0.2, 0) is 33.6 Å². The molecule has 0 spiro atoms. The van der Waals surface area contributed by atoms with Crippen molar-refractivity contribution in [2.75, 3.05) is 26.2 Å². The highest BCUT2D eigenvalue weighted by Gasteiger charge is 2.15. The molecule has 1 unspecified atom stereocenters. The number of ether oxygens (including phenoxy) is 2. The molecule has 0 saturated carbocycles. The Bertz CT molecular complexity index is 829. The quantitative estimate of drug-likeness (QED) is 0.595. The van der Waals surface area contributed by atoms with E-state index in [9.17, 15) is 9.59 Å². The van der Waals surface area contributed by atoms with Gasteiger partial charge in [0.1, 0.15) is 5.75 Å². The van der Waals surface area contributed by atoms with E-state index in [4.69, 9.17) is 9.47 Å². The summed E-state index contributed by atoms with van der Waals surface area (Å²) in [4.78, 5) is 24.7. The van der Waals surface area contributed by atoms with Crippen LogP contribution in [-0.4, -0.2) is 33.1 Å². The molecular weight excluding hydrogens is 366 g/mol. The van der Waals surface area contributed by atoms with Gasteiger partial charge in [-0.15, -0.1) is 0 Å². The molecule has 0 saturated heterocycles. The zero-order chi connectivity index (χ0) is 21.4. The van der Waals surface area contributed by atoms with Gasteiger partial charge in [0.05, 0.1) is 20.1 Å². The Morgan fingerprint density at radius 3 is 2.24 bits per heavy atom. The van der Waals surface area contributed by atoms with Crippen molar-refractivity contribution in [2.24, 2.45) is 5.92 Å². The van der Waals surface area contributed by atoms with Crippen molar-refractivity contribution >= 4 is 17.6 Å². The molecule has 29 heavy (non-hydrogen) atoms. The van der Waals surface area contributed by atoms with Crippen LogP contribution in [0.1, 0.15) is 37.0 Å². The maximum absolute atomic E-state index is 11.6. The van der Waals surface area contributed by atoms with Gasteiger partial charge in [0.25, 0.3) is 0 Å². The van der Waals surface area contributed by atoms with E-state index in [1.54, 1.807) is 26.0 Å². The Morgan fingerprint density at radius 2 is 1.66 bits per heavy atom. The minimum Gasteiger partial charge on any atom is -0.496 e. The number of aryl methyl sites for hydroxylation is 2. The fraction of sp³-hybridized carbons (Fsp3) is 0.417. The molecule has 5 nitrogen and oxygen atoms in total. The monoisotopic (exact) mass is 397 g/mol. The van der Waals surface area contributed by atoms with Gasteiger partial charge >= 0.3 is 5.97 Å². The van der Waals surface area contributed by atoms with Gasteiger partial charge in [0.15, 0.2) is 0 Å². The molecule has 2 aromatic rings. The summed E-state index contributed by atoms with van der Waals surface area (Å²) < 4.78 is 10.4. The molecule has 0 fully saturated rings. The molecule has 2 aromatic carbocycles. The lowest BCUT2D eigenvalue weighted by molar-refractivity contribution is -0.144. The molecule has 0 aliphatic carbocycles. The van der Waals surface area contributed by atoms with Gasteiger partial charge in [0, 0.05) is 19.7 Å². The third kappa shape index (κ3) is 6.34. The summed E-state index contributed by atoms with van der Waals surface area (Å²) in [6, 6.07) is 14.3. The minimum absolute atomic E-state index is 0.0225. The first-order chi connectivity index (χ1) is 13.8. The van der Waals surface area contributed by atoms with Crippen molar-refractivity contribution in [1.29, 1.82) is 0 Å². The van der Waals surface area contributed by atoms with Crippen LogP contribution >= 0.6 is 0 Å². The second-order valence-corrected chi connectivity index (χ2v) is 7.37. The zero-order valence-electron chi connectivity index (χ0n) is 18.0. The number of methoxy groups -OCH3 is 2. The smallest absolute Gasteiger partial charge is 0.308 e. The predicted molar refractivity (Wildman–Crippen MR) is 115 cm³/mol. The number of hydrogen-bond donors (Lipinski definition) is 0. The van der Waals surface area contributed by atoms with E-state index >= 15 is 0 Å². The Morgan fingerprint density at radius 1 is 1.00 bits per heavy atom. The molecule has 0 heterocycles. The highest BCUT2D eigenvalue weighted by atomic mass is 16.5. The molecule has 1 amide bonds. The lowest BCUT2D eigenvalue weighted by atomic mass is 9.97. The van der Waals surface area contributed by atoms with E-state index in [2.05, 4.69) is 24.3 Å². The Balaban J connectivity index is 1.94. The first kappa shape index (κ1) is 22.5. The van der Waals surface area contributed by atoms with Gasteiger partial charge in [-0.3, -0.25) is 9.59 Å². The molecule has 1 atom stereocenters. The Labute approximate surface area is 173 Å². The summed E-state index contributed by atoms with van der Waals surface area (Å²) in [6.45, 7) is 3.42. The van der Waals surface area contributed by atoms with Crippen LogP contribution in [0, 0.1) is 5.92 Å². The molecular formula is C24H31NO4. The summed E-state index contributed by atoms with van der Waals surface area (Å²) in [6.07, 6.45) is 3.49. The van der Waals surface area contributed by atoms with Gasteiger partial charge in [-0.2, -0.15) is 0 Å². The van der Waals surface area contributed by atoms with Crippen molar-refractivity contribution in [3.63, 3.8) is 0 Å². The van der Waals surface area contributed by atoms with Crippen LogP contribution < -0.4 is 9.64 Å². The molecule has 5 heteroatoms. The number of hydrogen-bond acceptors (Lipinski definition) is 4. The summed E-state index contributed by atoms with van der Waals surface area (Å²) in [5.74, 6) is 0.501. The number of carbonyl (C=O) groups is 2. The van der Waals surface area contributed by atoms with Gasteiger partial charge in [0.2, 0.25) is 5.91 Å². The highest BCUT2D eigenvalue weighted by Crippen LogP contribution is 2.24. The van der Waals surface area contributed by atoms with Crippen LogP contribution in [0.4, 0.5) is 5.69 Å². The van der Waals surface area contributed by atoms with E-state index in [-0.39, 0.29) is 17.8 Å². The van der Waals surface area contributed by atoms with Crippen molar-refractivity contribution < 1.29 is 19.1 Å². The molecule has 0 aliphatic heterocycles. The van der Waals surface area contributed by atoms with Crippen molar-refractivity contribution in [3.05, 3.63) is 59.2 Å². The highest BCUT2D eigenvalue weighted by molar-refractivity contribution is 5.90. The van der Waals surface area contributed by atoms with E-state index in [1.165, 1.54) is 12.7 Å². The van der Waals surface area contributed by atoms with E-state index in [0.29, 0.717) is 6.42 Å². The standard InChI is InChI=1S/C24H31NO4/c1-17(24(27)29-5)15-20-9-12-21(23(16-20)28-4)8-6-7-19-10-13-22(14-11-19)25(3)18(2)26/h9-14,16-17H,6-8,15H2,1-5H3. The first-order valence-corrected chi connectivity index (χ1v) is 9.92. The number of esters is 1. The van der Waals surface area contributed by atoms with Crippen LogP contribution in [0.2, 0.25) is 0 Å². The number of benzene rings is 2. The molecule has 0 radical (unpaired) electrons. The van der Waals surface area contributed by atoms with Crippen LogP contribution in [0.25, 0.3) is 0 Å². The third-order valence-electron chi connectivity index (χ3n) is 5.20. The molecule has 0 bridgehead atoms. The number of rotatable bonds is 9. The summed E-state index contributed by atoms with van der Waals surface area (Å²) >= 11 is 0. The molecule has 0 aromatic heterocycles. The normalized spacial score (nSPS) is 11.6. The lowest BCUT2D eigenvalue weighted by Crippen LogP contribution is -2.22. The summed E-state index contributed by atoms with van der Waals surface area (Å²) in [7, 11) is 4.87. The average molecular weight is 398 g/mol. The predicted octanol–water partition coefficient (Wildman–Crippen LogP) is 4.20. The van der Waals surface area contributed by atoms with E-state index < -0.39 is 0 Å². The topological polar surface area (TPSA) is 55.8 Å². The first-order valence-electron chi connectivity index (χ1n) is 9.92. The SMILES string of the molecule is COC(=O)C(C)Cc1ccc(CCCc2ccc(N(C)C(C)=O)cc2)c(OC)c1. The van der Waals surface area contributed by atoms with Crippen LogP contribution in [0.15, 0.2) is 42.5 Å². The van der Waals surface area contributed by atoms with Crippen LogP contribution in [0.3, 0.4) is 0 Å². The van der Waals surface area contributed by atoms with Gasteiger partial charge in [-0.05, 0) is 60.6 Å². The number of carbonyl (C=O) groups excluding carboxylic acids is 2. The Hall–Kier alpha value is -2.82. The maximum atomic E-state index is 11.6. The second kappa shape index (κ2) is 10.6. The number of nitrogens with zero attached hydrogens (tertiary/aromatic N) is 1. The minimum atomic E-state index is -0.200. The third-order valence-corrected chi connectivity index (χ3v) is 5.20. The fourth-order valence-electron chi connectivity index (χ4n) is 3.31. The second-order valence-electron chi connectivity index (χ2n) is 7.37. The van der Waals surface area contributed by atoms with E-state index in [0.717, 1.165) is 41.8 Å². The summed E-state index contributed by atoms with van der Waals surface area (Å²) in [5.41, 5.74) is 4.37. The molecule has 0 N–H and O–H groups in total. The average Bonchev–Trinajstić information content (AvgIpc) is 2.73. The van der Waals surface area contributed by atoms with Gasteiger partial charge in [-0.25, -0.2) is 0 Å². The van der Waals surface area contributed by atoms with Crippen molar-refractivity contribution in [1.82, 2.24) is 0 Å². The van der Waals surface area contributed by atoms with Crippen molar-refractivity contribution in [2.45, 2.75) is 39.5 Å². The van der Waals surface area contributed by atoms with E-state index in [1.807, 2.05) is 25.1 Å². The summed E-state index contributed by atoms with van der Waals surface area (Å²) in [5, 5.41) is 0. The number of amides is 1. The molecule has 0 aliphatic rings. The number of anilines is 1. The van der Waals surface area contributed by atoms with Crippen molar-refractivity contribution in [3.8, 4) is 5.75 Å². The maximum Gasteiger partial charge on any atom is 0.308 e. The Kier molecular flexibility index (Phi) is 8.25. The lowest BCUT2D eigenvalue weighted by Gasteiger charge is -2.15. The molecule has 156 valence electrons. The largest absolute Gasteiger partial charge is 0.496 e. The van der Waals surface area contributed by atoms with Crippen LogP contribution in [0.5, 0.6) is 5.75 Å².